The number of para-hydroxylation sites is 1. The number of ketones is 1. The van der Waals surface area contributed by atoms with E-state index in [4.69, 9.17) is 11.6 Å². The van der Waals surface area contributed by atoms with E-state index >= 15 is 0 Å². The molecule has 0 fully saturated rings. The predicted molar refractivity (Wildman–Crippen MR) is 111 cm³/mol. The topological polar surface area (TPSA) is 57.6 Å². The van der Waals surface area contributed by atoms with Crippen LogP contribution in [0.3, 0.4) is 0 Å². The summed E-state index contributed by atoms with van der Waals surface area (Å²) in [6.45, 7) is 1.74. The van der Waals surface area contributed by atoms with E-state index in [-0.39, 0.29) is 29.3 Å². The number of thiophene rings is 1. The highest BCUT2D eigenvalue weighted by molar-refractivity contribution is 7.14. The van der Waals surface area contributed by atoms with Gasteiger partial charge in [0.05, 0.1) is 23.5 Å². The smallest absolute Gasteiger partial charge is 0.264 e. The Bertz CT molecular complexity index is 1110. The molecule has 4 rings (SSSR count). The molecule has 2 heterocycles. The number of fused-ring (bicyclic) bond motifs is 1. The molecule has 0 bridgehead atoms. The number of halogens is 2. The number of aryl methyl sites for hydroxylation is 1. The summed E-state index contributed by atoms with van der Waals surface area (Å²) in [5.74, 6) is -1.53. The van der Waals surface area contributed by atoms with Crippen LogP contribution in [0.15, 0.2) is 54.6 Å². The molecule has 1 aliphatic rings. The van der Waals surface area contributed by atoms with E-state index in [1.54, 1.807) is 36.4 Å². The molecule has 1 aromatic heterocycles. The second-order valence-electron chi connectivity index (χ2n) is 6.98. The number of benzene rings is 2. The highest BCUT2D eigenvalue weighted by Gasteiger charge is 2.51. The summed E-state index contributed by atoms with van der Waals surface area (Å²) < 4.78 is 14.3. The summed E-state index contributed by atoms with van der Waals surface area (Å²) in [5.41, 5.74) is -1.08. The van der Waals surface area contributed by atoms with E-state index in [2.05, 4.69) is 0 Å². The van der Waals surface area contributed by atoms with Crippen LogP contribution in [0.5, 0.6) is 0 Å². The average Bonchev–Trinajstić information content (AvgIpc) is 3.21. The SMILES string of the molecule is Cc1ccc(C(=O)CC2(O)C(=O)N(Cc3c(F)cccc3Cl)c3ccccc32)s1. The first-order valence-corrected chi connectivity index (χ1v) is 10.2. The van der Waals surface area contributed by atoms with Crippen LogP contribution < -0.4 is 4.90 Å². The zero-order valence-corrected chi connectivity index (χ0v) is 17.1. The van der Waals surface area contributed by atoms with E-state index < -0.39 is 17.3 Å². The molecule has 0 radical (unpaired) electrons. The van der Waals surface area contributed by atoms with Crippen LogP contribution in [0.1, 0.15) is 32.1 Å². The fourth-order valence-corrected chi connectivity index (χ4v) is 4.61. The molecule has 1 amide bonds. The number of rotatable bonds is 5. The molecule has 0 spiro atoms. The monoisotopic (exact) mass is 429 g/mol. The molecule has 29 heavy (non-hydrogen) atoms. The van der Waals surface area contributed by atoms with Crippen molar-refractivity contribution in [1.82, 2.24) is 0 Å². The lowest BCUT2D eigenvalue weighted by Gasteiger charge is -2.23. The van der Waals surface area contributed by atoms with E-state index in [1.165, 1.54) is 28.4 Å². The van der Waals surface area contributed by atoms with Crippen molar-refractivity contribution in [2.24, 2.45) is 0 Å². The molecule has 1 N–H and O–H groups in total. The van der Waals surface area contributed by atoms with Crippen molar-refractivity contribution >= 4 is 40.3 Å². The van der Waals surface area contributed by atoms with Crippen molar-refractivity contribution in [1.29, 1.82) is 0 Å². The Labute approximate surface area is 176 Å². The summed E-state index contributed by atoms with van der Waals surface area (Å²) in [6, 6.07) is 14.5. The van der Waals surface area contributed by atoms with Gasteiger partial charge >= 0.3 is 0 Å². The predicted octanol–water partition coefficient (Wildman–Crippen LogP) is 4.86. The average molecular weight is 430 g/mol. The molecule has 148 valence electrons. The maximum atomic E-state index is 14.3. The van der Waals surface area contributed by atoms with Gasteiger partial charge in [-0.15, -0.1) is 11.3 Å². The van der Waals surface area contributed by atoms with Crippen LogP contribution in [0.4, 0.5) is 10.1 Å². The molecule has 1 aliphatic heterocycles. The van der Waals surface area contributed by atoms with Gasteiger partial charge in [0, 0.05) is 21.0 Å². The minimum atomic E-state index is -2.01. The van der Waals surface area contributed by atoms with Crippen LogP contribution >= 0.6 is 22.9 Å². The Balaban J connectivity index is 1.71. The molecule has 0 saturated heterocycles. The minimum absolute atomic E-state index is 0.143. The number of hydrogen-bond donors (Lipinski definition) is 1. The van der Waals surface area contributed by atoms with E-state index in [1.807, 2.05) is 13.0 Å². The number of aliphatic hydroxyl groups is 1. The standard InChI is InChI=1S/C22H17ClFNO3S/c1-13-9-10-20(29-13)19(26)11-22(28)15-5-2-3-8-18(15)25(21(22)27)12-14-16(23)6-4-7-17(14)24/h2-10,28H,11-12H2,1H3. The first kappa shape index (κ1) is 19.8. The van der Waals surface area contributed by atoms with Gasteiger partial charge in [-0.1, -0.05) is 35.9 Å². The third-order valence-corrected chi connectivity index (χ3v) is 6.44. The zero-order chi connectivity index (χ0) is 20.8. The van der Waals surface area contributed by atoms with Crippen molar-refractivity contribution in [3.63, 3.8) is 0 Å². The van der Waals surface area contributed by atoms with Gasteiger partial charge in [-0.2, -0.15) is 0 Å². The molecule has 1 atom stereocenters. The summed E-state index contributed by atoms with van der Waals surface area (Å²) in [4.78, 5) is 28.7. The first-order valence-electron chi connectivity index (χ1n) is 8.97. The number of carbonyl (C=O) groups is 2. The maximum absolute atomic E-state index is 14.3. The second-order valence-corrected chi connectivity index (χ2v) is 8.67. The van der Waals surface area contributed by atoms with Gasteiger partial charge in [0.25, 0.3) is 5.91 Å². The number of nitrogens with zero attached hydrogens (tertiary/aromatic N) is 1. The van der Waals surface area contributed by atoms with Crippen LogP contribution in [-0.4, -0.2) is 16.8 Å². The summed E-state index contributed by atoms with van der Waals surface area (Å²) in [7, 11) is 0. The fourth-order valence-electron chi connectivity index (χ4n) is 3.58. The van der Waals surface area contributed by atoms with Crippen LogP contribution in [-0.2, 0) is 16.9 Å². The third-order valence-electron chi connectivity index (χ3n) is 5.05. The summed E-state index contributed by atoms with van der Waals surface area (Å²) in [6.07, 6.45) is -0.385. The molecule has 3 aromatic rings. The Kier molecular flexibility index (Phi) is 5.02. The van der Waals surface area contributed by atoms with Gasteiger partial charge in [0.2, 0.25) is 0 Å². The highest BCUT2D eigenvalue weighted by atomic mass is 35.5. The fraction of sp³-hybridized carbons (Fsp3) is 0.182. The van der Waals surface area contributed by atoms with Crippen molar-refractivity contribution in [3.8, 4) is 0 Å². The quantitative estimate of drug-likeness (QED) is 0.589. The largest absolute Gasteiger partial charge is 0.375 e. The number of anilines is 1. The lowest BCUT2D eigenvalue weighted by Crippen LogP contribution is -2.41. The van der Waals surface area contributed by atoms with Gasteiger partial charge in [-0.3, -0.25) is 9.59 Å². The van der Waals surface area contributed by atoms with E-state index in [9.17, 15) is 19.1 Å². The third kappa shape index (κ3) is 3.37. The zero-order valence-electron chi connectivity index (χ0n) is 15.5. The van der Waals surface area contributed by atoms with Gasteiger partial charge in [-0.25, -0.2) is 4.39 Å². The van der Waals surface area contributed by atoms with E-state index in [0.29, 0.717) is 16.1 Å². The Morgan fingerprint density at radius 3 is 2.62 bits per heavy atom. The highest BCUT2D eigenvalue weighted by Crippen LogP contribution is 2.44. The number of hydrogen-bond acceptors (Lipinski definition) is 4. The molecular weight excluding hydrogens is 413 g/mol. The second kappa shape index (κ2) is 7.37. The number of Topliss-reactive ketones (excluding diaryl/α,β-unsaturated/α-hetero) is 1. The first-order chi connectivity index (χ1) is 13.8. The van der Waals surface area contributed by atoms with Crippen molar-refractivity contribution < 1.29 is 19.1 Å². The number of amides is 1. The van der Waals surface area contributed by atoms with Gasteiger partial charge in [0.1, 0.15) is 5.82 Å². The Morgan fingerprint density at radius 2 is 1.93 bits per heavy atom. The Hall–Kier alpha value is -2.54. The molecule has 1 unspecified atom stereocenters. The van der Waals surface area contributed by atoms with Gasteiger partial charge < -0.3 is 10.0 Å². The Morgan fingerprint density at radius 1 is 1.17 bits per heavy atom. The van der Waals surface area contributed by atoms with Gasteiger partial charge in [0.15, 0.2) is 11.4 Å². The lowest BCUT2D eigenvalue weighted by atomic mass is 9.89. The van der Waals surface area contributed by atoms with Crippen molar-refractivity contribution in [2.75, 3.05) is 4.90 Å². The van der Waals surface area contributed by atoms with Crippen molar-refractivity contribution in [2.45, 2.75) is 25.5 Å². The lowest BCUT2D eigenvalue weighted by molar-refractivity contribution is -0.136. The molecule has 4 nitrogen and oxygen atoms in total. The number of carbonyl (C=O) groups excluding carboxylic acids is 2. The summed E-state index contributed by atoms with van der Waals surface area (Å²) in [5, 5.41) is 11.5. The molecule has 7 heteroatoms. The van der Waals surface area contributed by atoms with Gasteiger partial charge in [-0.05, 0) is 37.3 Å². The normalized spacial score (nSPS) is 18.2. The summed E-state index contributed by atoms with van der Waals surface area (Å²) >= 11 is 7.44. The minimum Gasteiger partial charge on any atom is -0.375 e. The molecule has 0 saturated carbocycles. The van der Waals surface area contributed by atoms with Crippen LogP contribution in [0.2, 0.25) is 5.02 Å². The molecule has 2 aromatic carbocycles. The van der Waals surface area contributed by atoms with Crippen molar-refractivity contribution in [3.05, 3.63) is 86.3 Å². The van der Waals surface area contributed by atoms with E-state index in [0.717, 1.165) is 4.88 Å². The van der Waals surface area contributed by atoms with Crippen LogP contribution in [0, 0.1) is 12.7 Å². The maximum Gasteiger partial charge on any atom is 0.264 e. The van der Waals surface area contributed by atoms with Crippen LogP contribution in [0.25, 0.3) is 0 Å². The molecular formula is C22H17ClFNO3S. The molecule has 0 aliphatic carbocycles.